The molecular formula is C15H26N4OS. The van der Waals surface area contributed by atoms with Gasteiger partial charge in [-0.1, -0.05) is 31.8 Å². The fourth-order valence-corrected chi connectivity index (χ4v) is 4.36. The van der Waals surface area contributed by atoms with E-state index in [9.17, 15) is 0 Å². The Bertz CT molecular complexity index is 450. The largest absolute Gasteiger partial charge is 0.336 e. The average Bonchev–Trinajstić information content (AvgIpc) is 3.16. The topological polar surface area (TPSA) is 54.2 Å². The predicted octanol–water partition coefficient (Wildman–Crippen LogP) is 2.97. The molecule has 0 amide bonds. The Morgan fingerprint density at radius 1 is 1.29 bits per heavy atom. The average molecular weight is 310 g/mol. The van der Waals surface area contributed by atoms with Crippen LogP contribution in [-0.2, 0) is 0 Å². The zero-order chi connectivity index (χ0) is 14.7. The molecule has 0 radical (unpaired) electrons. The summed E-state index contributed by atoms with van der Waals surface area (Å²) in [5.41, 5.74) is 0.299. The van der Waals surface area contributed by atoms with Crippen LogP contribution in [0.25, 0.3) is 0 Å². The first-order valence-corrected chi connectivity index (χ1v) is 9.25. The third kappa shape index (κ3) is 3.37. The van der Waals surface area contributed by atoms with Crippen LogP contribution in [0.3, 0.4) is 0 Å². The number of hydrogen-bond acceptors (Lipinski definition) is 6. The van der Waals surface area contributed by atoms with Gasteiger partial charge in [-0.25, -0.2) is 0 Å². The van der Waals surface area contributed by atoms with E-state index in [2.05, 4.69) is 46.0 Å². The van der Waals surface area contributed by atoms with Gasteiger partial charge in [-0.3, -0.25) is 4.90 Å². The van der Waals surface area contributed by atoms with E-state index in [0.29, 0.717) is 17.5 Å². The minimum Gasteiger partial charge on any atom is -0.336 e. The molecule has 0 atom stereocenters. The summed E-state index contributed by atoms with van der Waals surface area (Å²) >= 11 is 2.07. The Hall–Kier alpha value is -0.750. The van der Waals surface area contributed by atoms with Gasteiger partial charge in [0.2, 0.25) is 0 Å². The highest BCUT2D eigenvalue weighted by molar-refractivity contribution is 7.99. The number of aromatic nitrogens is 2. The molecule has 1 aliphatic carbocycles. The smallest absolute Gasteiger partial charge is 0.321 e. The molecule has 3 rings (SSSR count). The van der Waals surface area contributed by atoms with Crippen molar-refractivity contribution in [2.75, 3.05) is 36.5 Å². The molecule has 1 aliphatic heterocycles. The molecule has 5 nitrogen and oxygen atoms in total. The number of nitrogens with one attached hydrogen (secondary N) is 1. The van der Waals surface area contributed by atoms with Crippen molar-refractivity contribution in [1.82, 2.24) is 15.0 Å². The number of rotatable bonds is 5. The van der Waals surface area contributed by atoms with Crippen molar-refractivity contribution < 1.29 is 4.52 Å². The van der Waals surface area contributed by atoms with Crippen molar-refractivity contribution in [3.63, 3.8) is 0 Å². The van der Waals surface area contributed by atoms with E-state index < -0.39 is 0 Å². The standard InChI is InChI=1S/C15H26N4OS/c1-12(2)13-17-14(20-18-13)16-11-15(5-3-4-6-15)19-7-9-21-10-8-19/h12H,3-11H2,1-2H3,(H,16,17,18). The Morgan fingerprint density at radius 3 is 2.62 bits per heavy atom. The van der Waals surface area contributed by atoms with Crippen LogP contribution in [0.15, 0.2) is 4.52 Å². The SMILES string of the molecule is CC(C)c1noc(NCC2(N3CCSCC3)CCCC2)n1. The molecular weight excluding hydrogens is 284 g/mol. The monoisotopic (exact) mass is 310 g/mol. The molecule has 0 spiro atoms. The molecule has 2 aliphatic rings. The highest BCUT2D eigenvalue weighted by Gasteiger charge is 2.40. The maximum Gasteiger partial charge on any atom is 0.321 e. The van der Waals surface area contributed by atoms with E-state index in [-0.39, 0.29) is 0 Å². The molecule has 0 aromatic carbocycles. The van der Waals surface area contributed by atoms with Crippen molar-refractivity contribution in [2.24, 2.45) is 0 Å². The molecule has 1 saturated carbocycles. The van der Waals surface area contributed by atoms with Gasteiger partial charge in [-0.15, -0.1) is 0 Å². The van der Waals surface area contributed by atoms with Crippen LogP contribution >= 0.6 is 11.8 Å². The second-order valence-electron chi connectivity index (χ2n) is 6.50. The minimum atomic E-state index is 0.299. The summed E-state index contributed by atoms with van der Waals surface area (Å²) in [6.07, 6.45) is 5.25. The summed E-state index contributed by atoms with van der Waals surface area (Å²) in [7, 11) is 0. The molecule has 2 heterocycles. The van der Waals surface area contributed by atoms with Gasteiger partial charge in [0.25, 0.3) is 0 Å². The molecule has 0 bridgehead atoms. The van der Waals surface area contributed by atoms with Gasteiger partial charge in [-0.05, 0) is 12.8 Å². The molecule has 2 fully saturated rings. The summed E-state index contributed by atoms with van der Waals surface area (Å²) in [6.45, 7) is 7.52. The fraction of sp³-hybridized carbons (Fsp3) is 0.867. The summed E-state index contributed by atoms with van der Waals surface area (Å²) in [6, 6.07) is 0.580. The number of hydrogen-bond donors (Lipinski definition) is 1. The molecule has 118 valence electrons. The lowest BCUT2D eigenvalue weighted by Gasteiger charge is -2.43. The van der Waals surface area contributed by atoms with Crippen molar-refractivity contribution in [2.45, 2.75) is 51.0 Å². The summed E-state index contributed by atoms with van der Waals surface area (Å²) in [5, 5.41) is 7.44. The molecule has 1 aromatic heterocycles. The van der Waals surface area contributed by atoms with E-state index >= 15 is 0 Å². The first-order chi connectivity index (χ1) is 10.2. The number of anilines is 1. The maximum absolute atomic E-state index is 5.32. The second-order valence-corrected chi connectivity index (χ2v) is 7.72. The molecule has 1 aromatic rings. The van der Waals surface area contributed by atoms with E-state index in [1.54, 1.807) is 0 Å². The third-order valence-corrected chi connectivity index (χ3v) is 5.69. The molecule has 1 N–H and O–H groups in total. The van der Waals surface area contributed by atoms with E-state index in [0.717, 1.165) is 12.4 Å². The lowest BCUT2D eigenvalue weighted by molar-refractivity contribution is 0.115. The van der Waals surface area contributed by atoms with Crippen LogP contribution in [-0.4, -0.2) is 51.7 Å². The van der Waals surface area contributed by atoms with E-state index in [4.69, 9.17) is 4.52 Å². The molecule has 21 heavy (non-hydrogen) atoms. The Labute approximate surface area is 131 Å². The van der Waals surface area contributed by atoms with Crippen LogP contribution in [0.5, 0.6) is 0 Å². The first-order valence-electron chi connectivity index (χ1n) is 8.10. The van der Waals surface area contributed by atoms with Gasteiger partial charge in [-0.2, -0.15) is 16.7 Å². The Morgan fingerprint density at radius 2 is 2.00 bits per heavy atom. The van der Waals surface area contributed by atoms with Gasteiger partial charge >= 0.3 is 6.01 Å². The van der Waals surface area contributed by atoms with Crippen molar-refractivity contribution in [3.8, 4) is 0 Å². The lowest BCUT2D eigenvalue weighted by Crippen LogP contribution is -2.54. The van der Waals surface area contributed by atoms with Gasteiger partial charge < -0.3 is 9.84 Å². The molecule has 1 saturated heterocycles. The zero-order valence-corrected chi connectivity index (χ0v) is 13.9. The van der Waals surface area contributed by atoms with Gasteiger partial charge in [0.05, 0.1) is 0 Å². The highest BCUT2D eigenvalue weighted by atomic mass is 32.2. The van der Waals surface area contributed by atoms with Crippen molar-refractivity contribution >= 4 is 17.8 Å². The normalized spacial score (nSPS) is 22.8. The molecule has 6 heteroatoms. The Balaban J connectivity index is 1.64. The fourth-order valence-electron chi connectivity index (χ4n) is 3.46. The first kappa shape index (κ1) is 15.2. The summed E-state index contributed by atoms with van der Waals surface area (Å²) in [4.78, 5) is 7.13. The Kier molecular flexibility index (Phi) is 4.74. The van der Waals surface area contributed by atoms with Gasteiger partial charge in [0.15, 0.2) is 5.82 Å². The highest BCUT2D eigenvalue weighted by Crippen LogP contribution is 2.36. The summed E-state index contributed by atoms with van der Waals surface area (Å²) < 4.78 is 5.32. The maximum atomic E-state index is 5.32. The van der Waals surface area contributed by atoms with Crippen LogP contribution in [0, 0.1) is 0 Å². The second kappa shape index (κ2) is 6.57. The predicted molar refractivity (Wildman–Crippen MR) is 87.0 cm³/mol. The summed E-state index contributed by atoms with van der Waals surface area (Å²) in [5.74, 6) is 3.62. The number of nitrogens with zero attached hydrogens (tertiary/aromatic N) is 3. The van der Waals surface area contributed by atoms with Gasteiger partial charge in [0, 0.05) is 42.6 Å². The van der Waals surface area contributed by atoms with Crippen LogP contribution in [0.2, 0.25) is 0 Å². The van der Waals surface area contributed by atoms with Crippen molar-refractivity contribution in [3.05, 3.63) is 5.82 Å². The molecule has 0 unspecified atom stereocenters. The van der Waals surface area contributed by atoms with Crippen LogP contribution < -0.4 is 5.32 Å². The van der Waals surface area contributed by atoms with E-state index in [1.165, 1.54) is 50.3 Å². The quantitative estimate of drug-likeness (QED) is 0.902. The van der Waals surface area contributed by atoms with Gasteiger partial charge in [0.1, 0.15) is 0 Å². The minimum absolute atomic E-state index is 0.299. The number of thioether (sulfide) groups is 1. The van der Waals surface area contributed by atoms with Crippen molar-refractivity contribution in [1.29, 1.82) is 0 Å². The van der Waals surface area contributed by atoms with Crippen LogP contribution in [0.4, 0.5) is 6.01 Å². The van der Waals surface area contributed by atoms with E-state index in [1.807, 2.05) is 0 Å². The zero-order valence-electron chi connectivity index (χ0n) is 13.1. The third-order valence-electron chi connectivity index (χ3n) is 4.74. The van der Waals surface area contributed by atoms with Crippen LogP contribution in [0.1, 0.15) is 51.3 Å². The lowest BCUT2D eigenvalue weighted by atomic mass is 9.94.